The number of rotatable bonds is 5. The van der Waals surface area contributed by atoms with Gasteiger partial charge in [-0.05, 0) is 42.7 Å². The number of nitrogens with one attached hydrogen (secondary N) is 3. The minimum Gasteiger partial charge on any atom is -0.358 e. The number of aryl methyl sites for hydroxylation is 2. The SMILES string of the molecule is CCc1[nH]c2ccc(CNC(=O)c3ccccc3-c3ncn[nH]3)cc2c1C. The highest BCUT2D eigenvalue weighted by atomic mass is 16.1. The molecule has 6 heteroatoms. The van der Waals surface area contributed by atoms with Crippen molar-refractivity contribution in [2.75, 3.05) is 0 Å². The largest absolute Gasteiger partial charge is 0.358 e. The van der Waals surface area contributed by atoms with E-state index >= 15 is 0 Å². The van der Waals surface area contributed by atoms with E-state index < -0.39 is 0 Å². The van der Waals surface area contributed by atoms with E-state index in [9.17, 15) is 4.79 Å². The lowest BCUT2D eigenvalue weighted by molar-refractivity contribution is 0.0951. The van der Waals surface area contributed by atoms with Crippen molar-refractivity contribution >= 4 is 16.8 Å². The Kier molecular flexibility index (Phi) is 4.46. The second-order valence-electron chi connectivity index (χ2n) is 6.52. The number of hydrogen-bond donors (Lipinski definition) is 3. The van der Waals surface area contributed by atoms with Crippen LogP contribution in [0.2, 0.25) is 0 Å². The first kappa shape index (κ1) is 17.0. The van der Waals surface area contributed by atoms with E-state index in [0.29, 0.717) is 17.9 Å². The molecule has 0 aliphatic rings. The average Bonchev–Trinajstić information content (AvgIpc) is 3.34. The van der Waals surface area contributed by atoms with Gasteiger partial charge in [0.25, 0.3) is 5.91 Å². The number of hydrogen-bond acceptors (Lipinski definition) is 3. The number of nitrogens with zero attached hydrogens (tertiary/aromatic N) is 2. The van der Waals surface area contributed by atoms with Gasteiger partial charge in [0.2, 0.25) is 0 Å². The summed E-state index contributed by atoms with van der Waals surface area (Å²) in [6.45, 7) is 4.74. The Balaban J connectivity index is 1.55. The van der Waals surface area contributed by atoms with Crippen LogP contribution in [0.1, 0.15) is 34.1 Å². The van der Waals surface area contributed by atoms with Crippen molar-refractivity contribution in [3.05, 3.63) is 71.2 Å². The van der Waals surface area contributed by atoms with Crippen LogP contribution >= 0.6 is 0 Å². The Morgan fingerprint density at radius 2 is 2.04 bits per heavy atom. The van der Waals surface area contributed by atoms with Gasteiger partial charge in [-0.3, -0.25) is 9.89 Å². The normalized spacial score (nSPS) is 11.0. The highest BCUT2D eigenvalue weighted by Gasteiger charge is 2.14. The number of carbonyl (C=O) groups is 1. The Labute approximate surface area is 157 Å². The minimum atomic E-state index is -0.137. The van der Waals surface area contributed by atoms with Gasteiger partial charge < -0.3 is 10.3 Å². The van der Waals surface area contributed by atoms with Crippen LogP contribution in [0.25, 0.3) is 22.3 Å². The first-order valence-electron chi connectivity index (χ1n) is 9.00. The Hall–Kier alpha value is -3.41. The van der Waals surface area contributed by atoms with Gasteiger partial charge in [0, 0.05) is 28.7 Å². The van der Waals surface area contributed by atoms with Crippen molar-refractivity contribution in [2.45, 2.75) is 26.8 Å². The number of aromatic nitrogens is 4. The highest BCUT2D eigenvalue weighted by Crippen LogP contribution is 2.24. The molecule has 3 N–H and O–H groups in total. The monoisotopic (exact) mass is 359 g/mol. The van der Waals surface area contributed by atoms with Gasteiger partial charge in [-0.1, -0.05) is 31.2 Å². The van der Waals surface area contributed by atoms with Crippen LogP contribution in [0.4, 0.5) is 0 Å². The van der Waals surface area contributed by atoms with Crippen LogP contribution in [0.3, 0.4) is 0 Å². The second-order valence-corrected chi connectivity index (χ2v) is 6.52. The molecule has 6 nitrogen and oxygen atoms in total. The Morgan fingerprint density at radius 1 is 1.19 bits per heavy atom. The quantitative estimate of drug-likeness (QED) is 0.507. The van der Waals surface area contributed by atoms with Gasteiger partial charge in [0.15, 0.2) is 5.82 Å². The molecule has 2 aromatic carbocycles. The number of H-pyrrole nitrogens is 2. The van der Waals surface area contributed by atoms with Gasteiger partial charge >= 0.3 is 0 Å². The fourth-order valence-electron chi connectivity index (χ4n) is 3.39. The molecule has 4 aromatic rings. The fourth-order valence-corrected chi connectivity index (χ4v) is 3.39. The topological polar surface area (TPSA) is 86.5 Å². The van der Waals surface area contributed by atoms with Crippen molar-refractivity contribution in [2.24, 2.45) is 0 Å². The van der Waals surface area contributed by atoms with Crippen molar-refractivity contribution in [1.82, 2.24) is 25.5 Å². The van der Waals surface area contributed by atoms with E-state index in [1.54, 1.807) is 6.07 Å². The van der Waals surface area contributed by atoms with Crippen LogP contribution < -0.4 is 5.32 Å². The van der Waals surface area contributed by atoms with Crippen molar-refractivity contribution < 1.29 is 4.79 Å². The summed E-state index contributed by atoms with van der Waals surface area (Å²) >= 11 is 0. The maximum absolute atomic E-state index is 12.7. The van der Waals surface area contributed by atoms with E-state index in [2.05, 4.69) is 51.5 Å². The van der Waals surface area contributed by atoms with Crippen LogP contribution in [0, 0.1) is 6.92 Å². The van der Waals surface area contributed by atoms with Crippen LogP contribution in [-0.4, -0.2) is 26.1 Å². The van der Waals surface area contributed by atoms with Crippen molar-refractivity contribution in [1.29, 1.82) is 0 Å². The fraction of sp³-hybridized carbons (Fsp3) is 0.190. The summed E-state index contributed by atoms with van der Waals surface area (Å²) in [4.78, 5) is 20.3. The summed E-state index contributed by atoms with van der Waals surface area (Å²) in [6.07, 6.45) is 2.41. The molecular weight excluding hydrogens is 338 g/mol. The lowest BCUT2D eigenvalue weighted by Crippen LogP contribution is -2.23. The smallest absolute Gasteiger partial charge is 0.252 e. The number of amides is 1. The molecule has 136 valence electrons. The van der Waals surface area contributed by atoms with Crippen LogP contribution in [-0.2, 0) is 13.0 Å². The lowest BCUT2D eigenvalue weighted by atomic mass is 10.1. The summed E-state index contributed by atoms with van der Waals surface area (Å²) in [5, 5.41) is 10.9. The number of benzene rings is 2. The lowest BCUT2D eigenvalue weighted by Gasteiger charge is -2.09. The molecule has 0 saturated heterocycles. The maximum Gasteiger partial charge on any atom is 0.252 e. The van der Waals surface area contributed by atoms with Crippen LogP contribution in [0.5, 0.6) is 0 Å². The van der Waals surface area contributed by atoms with E-state index in [1.807, 2.05) is 24.3 Å². The van der Waals surface area contributed by atoms with Gasteiger partial charge in [-0.15, -0.1) is 0 Å². The summed E-state index contributed by atoms with van der Waals surface area (Å²) in [6, 6.07) is 13.6. The molecule has 0 aliphatic carbocycles. The summed E-state index contributed by atoms with van der Waals surface area (Å²) < 4.78 is 0. The van der Waals surface area contributed by atoms with Gasteiger partial charge in [-0.2, -0.15) is 5.10 Å². The molecule has 2 aromatic heterocycles. The minimum absolute atomic E-state index is 0.137. The zero-order valence-electron chi connectivity index (χ0n) is 15.3. The van der Waals surface area contributed by atoms with Gasteiger partial charge in [0.1, 0.15) is 6.33 Å². The predicted octanol–water partition coefficient (Wildman–Crippen LogP) is 3.75. The van der Waals surface area contributed by atoms with E-state index in [0.717, 1.165) is 23.1 Å². The molecule has 0 atom stereocenters. The molecule has 1 amide bonds. The second kappa shape index (κ2) is 7.07. The molecule has 0 spiro atoms. The van der Waals surface area contributed by atoms with E-state index in [4.69, 9.17) is 0 Å². The zero-order valence-corrected chi connectivity index (χ0v) is 15.3. The summed E-state index contributed by atoms with van der Waals surface area (Å²) in [7, 11) is 0. The molecule has 0 bridgehead atoms. The van der Waals surface area contributed by atoms with Gasteiger partial charge in [0.05, 0.1) is 5.56 Å². The molecule has 2 heterocycles. The highest BCUT2D eigenvalue weighted by molar-refractivity contribution is 6.00. The predicted molar refractivity (Wildman–Crippen MR) is 105 cm³/mol. The number of carbonyl (C=O) groups excluding carboxylic acids is 1. The average molecular weight is 359 g/mol. The molecule has 27 heavy (non-hydrogen) atoms. The van der Waals surface area contributed by atoms with Crippen LogP contribution in [0.15, 0.2) is 48.8 Å². The molecule has 0 fully saturated rings. The maximum atomic E-state index is 12.7. The number of aromatic amines is 2. The first-order chi connectivity index (χ1) is 13.2. The first-order valence-corrected chi connectivity index (χ1v) is 9.00. The standard InChI is InChI=1S/C21H21N5O/c1-3-18-13(2)17-10-14(8-9-19(17)25-18)11-22-21(27)16-7-5-4-6-15(16)20-23-12-24-26-20/h4-10,12,25H,3,11H2,1-2H3,(H,22,27)(H,23,24,26). The Morgan fingerprint density at radius 3 is 2.81 bits per heavy atom. The van der Waals surface area contributed by atoms with E-state index in [1.165, 1.54) is 23.0 Å². The third kappa shape index (κ3) is 3.21. The molecule has 0 aliphatic heterocycles. The molecule has 4 rings (SSSR count). The third-order valence-electron chi connectivity index (χ3n) is 4.87. The van der Waals surface area contributed by atoms with Crippen molar-refractivity contribution in [3.63, 3.8) is 0 Å². The summed E-state index contributed by atoms with van der Waals surface area (Å²) in [5.41, 5.74) is 6.04. The van der Waals surface area contributed by atoms with Crippen molar-refractivity contribution in [3.8, 4) is 11.4 Å². The molecule has 0 saturated carbocycles. The molecule has 0 unspecified atom stereocenters. The zero-order chi connectivity index (χ0) is 18.8. The Bertz CT molecular complexity index is 1100. The third-order valence-corrected chi connectivity index (χ3v) is 4.87. The molecular formula is C21H21N5O. The number of fused-ring (bicyclic) bond motifs is 1. The molecule has 0 radical (unpaired) electrons. The van der Waals surface area contributed by atoms with Gasteiger partial charge in [-0.25, -0.2) is 4.98 Å². The van der Waals surface area contributed by atoms with E-state index in [-0.39, 0.29) is 5.91 Å². The summed E-state index contributed by atoms with van der Waals surface area (Å²) in [5.74, 6) is 0.444.